The van der Waals surface area contributed by atoms with Crippen LogP contribution in [0.3, 0.4) is 0 Å². The summed E-state index contributed by atoms with van der Waals surface area (Å²) in [6.07, 6.45) is -1.94. The van der Waals surface area contributed by atoms with Gasteiger partial charge in [-0.05, 0) is 30.7 Å². The fourth-order valence-corrected chi connectivity index (χ4v) is 3.43. The molecule has 0 radical (unpaired) electrons. The zero-order valence-corrected chi connectivity index (χ0v) is 16.1. The summed E-state index contributed by atoms with van der Waals surface area (Å²) in [6.45, 7) is 1.93. The van der Waals surface area contributed by atoms with E-state index >= 15 is 0 Å². The molecule has 0 N–H and O–H groups in total. The number of fused-ring (bicyclic) bond motifs is 1. The molecule has 158 valence electrons. The lowest BCUT2D eigenvalue weighted by Gasteiger charge is -2.23. The van der Waals surface area contributed by atoms with Gasteiger partial charge in [-0.2, -0.15) is 17.7 Å². The second kappa shape index (κ2) is 8.25. The topological polar surface area (TPSA) is 79.5 Å². The second-order valence-corrected chi connectivity index (χ2v) is 7.06. The van der Waals surface area contributed by atoms with Gasteiger partial charge in [0.05, 0.1) is 6.42 Å². The fourth-order valence-electron chi connectivity index (χ4n) is 3.43. The van der Waals surface area contributed by atoms with Crippen LogP contribution in [0.15, 0.2) is 36.7 Å². The van der Waals surface area contributed by atoms with Gasteiger partial charge in [0.2, 0.25) is 5.91 Å². The molecular formula is C19H20F3N7O. The number of hydrogen-bond donors (Lipinski definition) is 0. The largest absolute Gasteiger partial charge is 0.389 e. The van der Waals surface area contributed by atoms with E-state index in [0.717, 1.165) is 5.56 Å². The molecule has 11 heteroatoms. The van der Waals surface area contributed by atoms with E-state index in [-0.39, 0.29) is 0 Å². The molecule has 0 spiro atoms. The Kier molecular flexibility index (Phi) is 5.51. The molecule has 3 aromatic heterocycles. The lowest BCUT2D eigenvalue weighted by Crippen LogP contribution is -2.36. The molecule has 0 atom stereocenters. The summed E-state index contributed by atoms with van der Waals surface area (Å²) in [5.41, 5.74) is 1.43. The van der Waals surface area contributed by atoms with E-state index in [1.807, 2.05) is 29.2 Å². The number of anilines is 1. The molecule has 30 heavy (non-hydrogen) atoms. The maximum atomic E-state index is 12.4. The van der Waals surface area contributed by atoms with Gasteiger partial charge in [-0.1, -0.05) is 0 Å². The molecule has 8 nitrogen and oxygen atoms in total. The highest BCUT2D eigenvalue weighted by Gasteiger charge is 2.29. The van der Waals surface area contributed by atoms with Crippen LogP contribution in [-0.2, 0) is 4.79 Å². The van der Waals surface area contributed by atoms with Crippen molar-refractivity contribution >= 4 is 17.4 Å². The van der Waals surface area contributed by atoms with Crippen LogP contribution >= 0.6 is 0 Å². The van der Waals surface area contributed by atoms with Crippen LogP contribution in [0.5, 0.6) is 0 Å². The highest BCUT2D eigenvalue weighted by atomic mass is 19.4. The van der Waals surface area contributed by atoms with Gasteiger partial charge in [-0.25, -0.2) is 0 Å². The Hall–Kier alpha value is -3.24. The average Bonchev–Trinajstić information content (AvgIpc) is 3.00. The van der Waals surface area contributed by atoms with Gasteiger partial charge in [-0.3, -0.25) is 9.78 Å². The molecule has 0 aromatic carbocycles. The summed E-state index contributed by atoms with van der Waals surface area (Å²) >= 11 is 0. The Bertz CT molecular complexity index is 1020. The van der Waals surface area contributed by atoms with Crippen LogP contribution < -0.4 is 4.90 Å². The van der Waals surface area contributed by atoms with E-state index in [0.29, 0.717) is 49.9 Å². The Morgan fingerprint density at radius 1 is 1.00 bits per heavy atom. The van der Waals surface area contributed by atoms with E-state index in [1.165, 1.54) is 4.90 Å². The third kappa shape index (κ3) is 4.50. The molecule has 0 unspecified atom stereocenters. The summed E-state index contributed by atoms with van der Waals surface area (Å²) in [6, 6.07) is 7.29. The maximum absolute atomic E-state index is 12.4. The van der Waals surface area contributed by atoms with Crippen molar-refractivity contribution < 1.29 is 18.0 Å². The van der Waals surface area contributed by atoms with Gasteiger partial charge in [0.15, 0.2) is 11.5 Å². The van der Waals surface area contributed by atoms with E-state index in [2.05, 4.69) is 20.3 Å². The van der Waals surface area contributed by atoms with Gasteiger partial charge in [0.1, 0.15) is 5.82 Å². The van der Waals surface area contributed by atoms with Crippen LogP contribution in [0.25, 0.3) is 17.0 Å². The van der Waals surface area contributed by atoms with Gasteiger partial charge in [-0.15, -0.1) is 15.3 Å². The minimum Gasteiger partial charge on any atom is -0.353 e. The molecule has 0 bridgehead atoms. The van der Waals surface area contributed by atoms with Gasteiger partial charge >= 0.3 is 6.18 Å². The smallest absolute Gasteiger partial charge is 0.353 e. The van der Waals surface area contributed by atoms with Crippen molar-refractivity contribution in [3.8, 4) is 11.4 Å². The maximum Gasteiger partial charge on any atom is 0.389 e. The van der Waals surface area contributed by atoms with Crippen LogP contribution in [0, 0.1) is 0 Å². The Morgan fingerprint density at radius 3 is 2.57 bits per heavy atom. The molecule has 4 heterocycles. The minimum absolute atomic E-state index is 0.357. The lowest BCUT2D eigenvalue weighted by molar-refractivity contribution is -0.149. The number of nitrogens with zero attached hydrogens (tertiary/aromatic N) is 7. The molecule has 1 saturated heterocycles. The number of carbonyl (C=O) groups is 1. The fraction of sp³-hybridized carbons (Fsp3) is 0.421. The molecule has 1 aliphatic heterocycles. The van der Waals surface area contributed by atoms with E-state index in [4.69, 9.17) is 0 Å². The van der Waals surface area contributed by atoms with Crippen molar-refractivity contribution in [2.45, 2.75) is 25.4 Å². The molecule has 3 aromatic rings. The lowest BCUT2D eigenvalue weighted by atomic mass is 10.2. The third-order valence-electron chi connectivity index (χ3n) is 4.98. The van der Waals surface area contributed by atoms with E-state index < -0.39 is 24.9 Å². The SMILES string of the molecule is O=C(CCC(F)(F)F)N1CCCN(c2ccc3nnc(-c4ccncc4)n3n2)CC1. The predicted octanol–water partition coefficient (Wildman–Crippen LogP) is 2.57. The highest BCUT2D eigenvalue weighted by Crippen LogP contribution is 2.23. The molecule has 1 fully saturated rings. The van der Waals surface area contributed by atoms with Crippen molar-refractivity contribution in [1.29, 1.82) is 0 Å². The first kappa shape index (κ1) is 20.0. The summed E-state index contributed by atoms with van der Waals surface area (Å²) in [7, 11) is 0. The summed E-state index contributed by atoms with van der Waals surface area (Å²) < 4.78 is 38.9. The Labute approximate surface area is 170 Å². The highest BCUT2D eigenvalue weighted by molar-refractivity contribution is 5.76. The first-order valence-corrected chi connectivity index (χ1v) is 9.63. The van der Waals surface area contributed by atoms with E-state index in [1.54, 1.807) is 16.9 Å². The third-order valence-corrected chi connectivity index (χ3v) is 4.98. The number of amides is 1. The quantitative estimate of drug-likeness (QED) is 0.647. The van der Waals surface area contributed by atoms with Crippen molar-refractivity contribution in [2.75, 3.05) is 31.1 Å². The molecule has 0 aliphatic carbocycles. The molecule has 1 amide bonds. The predicted molar refractivity (Wildman–Crippen MR) is 103 cm³/mol. The van der Waals surface area contributed by atoms with Gasteiger partial charge in [0.25, 0.3) is 0 Å². The average molecular weight is 419 g/mol. The molecule has 4 rings (SSSR count). The first-order chi connectivity index (χ1) is 14.4. The number of carbonyl (C=O) groups excluding carboxylic acids is 1. The molecule has 0 saturated carbocycles. The summed E-state index contributed by atoms with van der Waals surface area (Å²) in [4.78, 5) is 19.7. The van der Waals surface area contributed by atoms with Crippen LogP contribution in [0.2, 0.25) is 0 Å². The van der Waals surface area contributed by atoms with Gasteiger partial charge < -0.3 is 9.80 Å². The van der Waals surface area contributed by atoms with Crippen LogP contribution in [-0.4, -0.2) is 68.0 Å². The van der Waals surface area contributed by atoms with Crippen molar-refractivity contribution in [3.05, 3.63) is 36.7 Å². The Morgan fingerprint density at radius 2 is 1.80 bits per heavy atom. The minimum atomic E-state index is -4.32. The standard InChI is InChI=1S/C19H20F3N7O/c20-19(21,22)7-4-17(30)28-11-1-10-27(12-13-28)16-3-2-15-24-25-18(29(15)26-16)14-5-8-23-9-6-14/h2-3,5-6,8-9H,1,4,7,10-13H2. The van der Waals surface area contributed by atoms with Crippen molar-refractivity contribution in [2.24, 2.45) is 0 Å². The second-order valence-electron chi connectivity index (χ2n) is 7.06. The number of aromatic nitrogens is 5. The molecule has 1 aliphatic rings. The van der Waals surface area contributed by atoms with Crippen LogP contribution in [0.4, 0.5) is 19.0 Å². The van der Waals surface area contributed by atoms with Crippen molar-refractivity contribution in [1.82, 2.24) is 29.7 Å². The molecular weight excluding hydrogens is 399 g/mol. The summed E-state index contributed by atoms with van der Waals surface area (Å²) in [5.74, 6) is 0.826. The zero-order valence-electron chi connectivity index (χ0n) is 16.1. The van der Waals surface area contributed by atoms with Gasteiger partial charge in [0, 0.05) is 50.6 Å². The van der Waals surface area contributed by atoms with Crippen LogP contribution in [0.1, 0.15) is 19.3 Å². The zero-order chi connectivity index (χ0) is 21.1. The first-order valence-electron chi connectivity index (χ1n) is 9.63. The number of alkyl halides is 3. The van der Waals surface area contributed by atoms with E-state index in [9.17, 15) is 18.0 Å². The Balaban J connectivity index is 1.49. The number of hydrogen-bond acceptors (Lipinski definition) is 6. The van der Waals surface area contributed by atoms with Crippen molar-refractivity contribution in [3.63, 3.8) is 0 Å². The summed E-state index contributed by atoms with van der Waals surface area (Å²) in [5, 5.41) is 13.0. The normalized spacial score (nSPS) is 15.4. The number of halogens is 3. The monoisotopic (exact) mass is 419 g/mol. The number of rotatable bonds is 4. The number of pyridine rings is 1.